The first-order chi connectivity index (χ1) is 12.0. The summed E-state index contributed by atoms with van der Waals surface area (Å²) in [5.41, 5.74) is 1.65. The van der Waals surface area contributed by atoms with Crippen LogP contribution in [0.2, 0.25) is 0 Å². The lowest BCUT2D eigenvalue weighted by Gasteiger charge is -2.22. The van der Waals surface area contributed by atoms with Crippen molar-refractivity contribution in [3.8, 4) is 5.75 Å². The summed E-state index contributed by atoms with van der Waals surface area (Å²) < 4.78 is 5.74. The summed E-state index contributed by atoms with van der Waals surface area (Å²) in [6, 6.07) is 16.7. The van der Waals surface area contributed by atoms with Gasteiger partial charge in [0.25, 0.3) is 0 Å². The minimum Gasteiger partial charge on any atom is -0.491 e. The van der Waals surface area contributed by atoms with Gasteiger partial charge in [-0.15, -0.1) is 0 Å². The number of para-hydroxylation sites is 1. The van der Waals surface area contributed by atoms with Crippen LogP contribution in [0.15, 0.2) is 54.6 Å². The molecule has 0 spiro atoms. The van der Waals surface area contributed by atoms with E-state index < -0.39 is 5.97 Å². The predicted octanol–water partition coefficient (Wildman–Crippen LogP) is 3.13. The summed E-state index contributed by atoms with van der Waals surface area (Å²) in [4.78, 5) is 25.2. The number of rotatable bonds is 8. The monoisotopic (exact) mass is 341 g/mol. The zero-order valence-corrected chi connectivity index (χ0v) is 14.5. The van der Waals surface area contributed by atoms with Crippen LogP contribution in [0.4, 0.5) is 0 Å². The highest BCUT2D eigenvalue weighted by Crippen LogP contribution is 2.21. The number of aliphatic carboxylic acids is 1. The molecule has 0 aliphatic heterocycles. The van der Waals surface area contributed by atoms with Gasteiger partial charge in [-0.05, 0) is 25.5 Å². The molecule has 2 aromatic carbocycles. The summed E-state index contributed by atoms with van der Waals surface area (Å²) in [5, 5.41) is 9.13. The Morgan fingerprint density at radius 3 is 2.32 bits per heavy atom. The molecule has 0 radical (unpaired) electrons. The Balaban J connectivity index is 2.15. The van der Waals surface area contributed by atoms with Gasteiger partial charge < -0.3 is 14.7 Å². The normalized spacial score (nSPS) is 10.5. The molecule has 0 unspecified atom stereocenters. The van der Waals surface area contributed by atoms with Crippen LogP contribution in [0, 0.1) is 0 Å². The summed E-state index contributed by atoms with van der Waals surface area (Å²) in [5.74, 6) is -0.622. The van der Waals surface area contributed by atoms with Crippen LogP contribution in [-0.4, -0.2) is 34.5 Å². The van der Waals surface area contributed by atoms with Crippen molar-refractivity contribution in [2.45, 2.75) is 32.9 Å². The van der Waals surface area contributed by atoms with Gasteiger partial charge in [0.2, 0.25) is 5.91 Å². The van der Waals surface area contributed by atoms with Crippen molar-refractivity contribution in [3.05, 3.63) is 65.7 Å². The zero-order chi connectivity index (χ0) is 18.2. The molecule has 0 aliphatic rings. The van der Waals surface area contributed by atoms with Crippen molar-refractivity contribution < 1.29 is 19.4 Å². The van der Waals surface area contributed by atoms with E-state index in [-0.39, 0.29) is 31.5 Å². The van der Waals surface area contributed by atoms with E-state index in [1.54, 1.807) is 0 Å². The fourth-order valence-electron chi connectivity index (χ4n) is 2.49. The number of benzene rings is 2. The Hall–Kier alpha value is -2.82. The number of carbonyl (C=O) groups excluding carboxylic acids is 1. The van der Waals surface area contributed by atoms with E-state index in [1.807, 2.05) is 68.4 Å². The van der Waals surface area contributed by atoms with Crippen molar-refractivity contribution in [2.75, 3.05) is 6.54 Å². The summed E-state index contributed by atoms with van der Waals surface area (Å²) in [6.07, 6.45) is 0.0962. The largest absolute Gasteiger partial charge is 0.491 e. The fraction of sp³-hybridized carbons (Fsp3) is 0.300. The molecule has 2 rings (SSSR count). The van der Waals surface area contributed by atoms with Crippen LogP contribution in [0.3, 0.4) is 0 Å². The fourth-order valence-corrected chi connectivity index (χ4v) is 2.49. The molecule has 0 aliphatic carbocycles. The molecule has 0 saturated heterocycles. The topological polar surface area (TPSA) is 66.8 Å². The maximum Gasteiger partial charge on any atom is 0.323 e. The number of carbonyl (C=O) groups is 2. The molecule has 1 amide bonds. The molecule has 0 heterocycles. The Morgan fingerprint density at radius 1 is 1.04 bits per heavy atom. The first kappa shape index (κ1) is 18.5. The van der Waals surface area contributed by atoms with Crippen LogP contribution >= 0.6 is 0 Å². The van der Waals surface area contributed by atoms with Crippen molar-refractivity contribution in [1.29, 1.82) is 0 Å². The van der Waals surface area contributed by atoms with Gasteiger partial charge in [-0.25, -0.2) is 0 Å². The van der Waals surface area contributed by atoms with Crippen molar-refractivity contribution in [2.24, 2.45) is 0 Å². The molecule has 5 heteroatoms. The first-order valence-electron chi connectivity index (χ1n) is 8.23. The van der Waals surface area contributed by atoms with E-state index >= 15 is 0 Å². The standard InChI is InChI=1S/C20H23NO4/c1-15(2)25-18-11-7-6-10-17(18)12-19(22)21(14-20(23)24)13-16-8-4-3-5-9-16/h3-11,15H,12-14H2,1-2H3,(H,23,24). The van der Waals surface area contributed by atoms with Crippen LogP contribution < -0.4 is 4.74 Å². The molecule has 0 saturated carbocycles. The maximum absolute atomic E-state index is 12.7. The summed E-state index contributed by atoms with van der Waals surface area (Å²) >= 11 is 0. The Bertz CT molecular complexity index is 713. The lowest BCUT2D eigenvalue weighted by molar-refractivity contribution is -0.144. The van der Waals surface area contributed by atoms with Gasteiger partial charge in [0.05, 0.1) is 12.5 Å². The number of hydrogen-bond acceptors (Lipinski definition) is 3. The Morgan fingerprint density at radius 2 is 1.68 bits per heavy atom. The molecule has 132 valence electrons. The van der Waals surface area contributed by atoms with E-state index in [4.69, 9.17) is 9.84 Å². The van der Waals surface area contributed by atoms with E-state index in [1.165, 1.54) is 4.90 Å². The summed E-state index contributed by atoms with van der Waals surface area (Å²) in [7, 11) is 0. The molecule has 0 fully saturated rings. The second-order valence-electron chi connectivity index (χ2n) is 6.08. The van der Waals surface area contributed by atoms with Gasteiger partial charge in [-0.2, -0.15) is 0 Å². The highest BCUT2D eigenvalue weighted by molar-refractivity contribution is 5.83. The zero-order valence-electron chi connectivity index (χ0n) is 14.5. The summed E-state index contributed by atoms with van der Waals surface area (Å²) in [6.45, 7) is 3.77. The maximum atomic E-state index is 12.7. The lowest BCUT2D eigenvalue weighted by Crippen LogP contribution is -2.36. The van der Waals surface area contributed by atoms with Gasteiger partial charge in [0.15, 0.2) is 0 Å². The second-order valence-corrected chi connectivity index (χ2v) is 6.08. The average molecular weight is 341 g/mol. The highest BCUT2D eigenvalue weighted by Gasteiger charge is 2.19. The molecular weight excluding hydrogens is 318 g/mol. The average Bonchev–Trinajstić information content (AvgIpc) is 2.56. The Labute approximate surface area is 147 Å². The minimum atomic E-state index is -1.03. The molecule has 0 bridgehead atoms. The quantitative estimate of drug-likeness (QED) is 0.801. The van der Waals surface area contributed by atoms with Crippen molar-refractivity contribution in [1.82, 2.24) is 4.90 Å². The van der Waals surface area contributed by atoms with Gasteiger partial charge in [0, 0.05) is 12.1 Å². The molecule has 5 nitrogen and oxygen atoms in total. The van der Waals surface area contributed by atoms with Crippen molar-refractivity contribution in [3.63, 3.8) is 0 Å². The molecule has 1 N–H and O–H groups in total. The predicted molar refractivity (Wildman–Crippen MR) is 95.4 cm³/mol. The molecule has 0 atom stereocenters. The van der Waals surface area contributed by atoms with Crippen LogP contribution in [0.25, 0.3) is 0 Å². The van der Waals surface area contributed by atoms with Gasteiger partial charge in [-0.3, -0.25) is 9.59 Å². The van der Waals surface area contributed by atoms with Gasteiger partial charge in [0.1, 0.15) is 12.3 Å². The smallest absolute Gasteiger partial charge is 0.323 e. The van der Waals surface area contributed by atoms with Gasteiger partial charge in [-0.1, -0.05) is 48.5 Å². The van der Waals surface area contributed by atoms with E-state index in [2.05, 4.69) is 0 Å². The second kappa shape index (κ2) is 8.87. The first-order valence-corrected chi connectivity index (χ1v) is 8.23. The van der Waals surface area contributed by atoms with Crippen LogP contribution in [0.5, 0.6) is 5.75 Å². The molecule has 2 aromatic rings. The minimum absolute atomic E-state index is 0.00399. The molecule has 25 heavy (non-hydrogen) atoms. The van der Waals surface area contributed by atoms with E-state index in [0.29, 0.717) is 5.75 Å². The number of hydrogen-bond donors (Lipinski definition) is 1. The number of carboxylic acids is 1. The van der Waals surface area contributed by atoms with Crippen LogP contribution in [0.1, 0.15) is 25.0 Å². The molecular formula is C20H23NO4. The van der Waals surface area contributed by atoms with Gasteiger partial charge >= 0.3 is 5.97 Å². The third-order valence-corrected chi connectivity index (χ3v) is 3.57. The lowest BCUT2D eigenvalue weighted by atomic mass is 10.1. The number of amides is 1. The SMILES string of the molecule is CC(C)Oc1ccccc1CC(=O)N(CC(=O)O)Cc1ccccc1. The number of ether oxygens (including phenoxy) is 1. The van der Waals surface area contributed by atoms with E-state index in [0.717, 1.165) is 11.1 Å². The Kier molecular flexibility index (Phi) is 6.57. The molecule has 0 aromatic heterocycles. The number of nitrogens with zero attached hydrogens (tertiary/aromatic N) is 1. The third-order valence-electron chi connectivity index (χ3n) is 3.57. The highest BCUT2D eigenvalue weighted by atomic mass is 16.5. The number of carboxylic acid groups (broad SMARTS) is 1. The van der Waals surface area contributed by atoms with Crippen LogP contribution in [-0.2, 0) is 22.6 Å². The third kappa shape index (κ3) is 5.95. The van der Waals surface area contributed by atoms with E-state index in [9.17, 15) is 9.59 Å². The van der Waals surface area contributed by atoms with Crippen molar-refractivity contribution >= 4 is 11.9 Å².